The molecular weight excluding hydrogens is 193 g/mol. The molecule has 0 rings (SSSR count). The van der Waals surface area contributed by atoms with E-state index in [9.17, 15) is 0 Å². The summed E-state index contributed by atoms with van der Waals surface area (Å²) >= 11 is 0.750. The molecule has 0 spiro atoms. The molecule has 0 saturated carbocycles. The van der Waals surface area contributed by atoms with Gasteiger partial charge in [0, 0.05) is 32.7 Å². The van der Waals surface area contributed by atoms with E-state index in [-0.39, 0.29) is 73.3 Å². The van der Waals surface area contributed by atoms with Crippen LogP contribution in [0.5, 0.6) is 0 Å². The first kappa shape index (κ1) is 15.8. The summed E-state index contributed by atoms with van der Waals surface area (Å²) < 4.78 is 8.25. The Kier molecular flexibility index (Phi) is 66.7. The summed E-state index contributed by atoms with van der Waals surface area (Å²) in [6.45, 7) is 0. The van der Waals surface area contributed by atoms with Gasteiger partial charge in [-0.15, -0.1) is 0 Å². The third-order valence-corrected chi connectivity index (χ3v) is 0. The van der Waals surface area contributed by atoms with Crippen LogP contribution < -0.4 is 0 Å². The van der Waals surface area contributed by atoms with Gasteiger partial charge in [0.1, 0.15) is 0 Å². The smallest absolute Gasteiger partial charge is 0 e. The molecule has 0 aromatic carbocycles. The second-order valence-electron chi connectivity index (χ2n) is 0. The third-order valence-electron chi connectivity index (χ3n) is 0. The van der Waals surface area contributed by atoms with Crippen LogP contribution in [0.15, 0.2) is 0 Å². The molecule has 0 aromatic rings. The molecule has 0 bridgehead atoms. The number of hydrogen-bond donors (Lipinski definition) is 0. The molecular formula is H2CaOTiY. The molecule has 0 saturated heterocycles. The second kappa shape index (κ2) is 16.9. The molecule has 0 unspecified atom stereocenters. The second-order valence-corrected chi connectivity index (χ2v) is 0. The van der Waals surface area contributed by atoms with Gasteiger partial charge in [0.05, 0.1) is 0 Å². The Bertz CT molecular complexity index is 13.5. The van der Waals surface area contributed by atoms with Gasteiger partial charge in [-0.1, -0.05) is 0 Å². The SMILES string of the molecule is [Ca+2].[H-].[H-].[O]=[Ti].[Y]. The van der Waals surface area contributed by atoms with E-state index in [2.05, 4.69) is 0 Å². The Hall–Kier alpha value is 2.88. The summed E-state index contributed by atoms with van der Waals surface area (Å²) in [5.41, 5.74) is 0. The first-order chi connectivity index (χ1) is 1.00. The Balaban J connectivity index is -0.000000000833. The first-order valence-corrected chi connectivity index (χ1v) is 0.842. The Morgan fingerprint density at radius 2 is 1.50 bits per heavy atom. The van der Waals surface area contributed by atoms with Crippen LogP contribution in [0.3, 0.4) is 0 Å². The summed E-state index contributed by atoms with van der Waals surface area (Å²) in [5, 5.41) is 0. The van der Waals surface area contributed by atoms with E-state index >= 15 is 0 Å². The molecule has 0 atom stereocenters. The van der Waals surface area contributed by atoms with E-state index in [4.69, 9.17) is 3.32 Å². The molecule has 4 heteroatoms. The summed E-state index contributed by atoms with van der Waals surface area (Å²) in [6.07, 6.45) is 0. The Morgan fingerprint density at radius 1 is 1.50 bits per heavy atom. The van der Waals surface area contributed by atoms with Crippen LogP contribution in [0.1, 0.15) is 2.85 Å². The Labute approximate surface area is 94.9 Å². The van der Waals surface area contributed by atoms with Gasteiger partial charge in [-0.25, -0.2) is 0 Å². The van der Waals surface area contributed by atoms with Crippen LogP contribution in [0.2, 0.25) is 0 Å². The van der Waals surface area contributed by atoms with Crippen molar-refractivity contribution in [2.24, 2.45) is 0 Å². The van der Waals surface area contributed by atoms with E-state index in [0.29, 0.717) is 0 Å². The van der Waals surface area contributed by atoms with Gasteiger partial charge in [-0.2, -0.15) is 0 Å². The van der Waals surface area contributed by atoms with Gasteiger partial charge in [-0.05, 0) is 0 Å². The monoisotopic (exact) mass is 195 g/mol. The molecule has 0 amide bonds. The molecule has 0 aromatic heterocycles. The van der Waals surface area contributed by atoms with E-state index in [1.54, 1.807) is 0 Å². The zero-order chi connectivity index (χ0) is 2.00. The largest absolute Gasteiger partial charge is 0 e. The topological polar surface area (TPSA) is 17.1 Å². The predicted octanol–water partition coefficient (Wildman–Crippen LogP) is -0.280. The normalized spacial score (nSPS) is 0.750. The maximum Gasteiger partial charge on any atom is 0 e. The van der Waals surface area contributed by atoms with Crippen LogP contribution in [0, 0.1) is 0 Å². The molecule has 0 aliphatic rings. The maximum absolute atomic E-state index is 8.25. The molecule has 0 aliphatic heterocycles. The van der Waals surface area contributed by atoms with Gasteiger partial charge >= 0.3 is 61.5 Å². The quantitative estimate of drug-likeness (QED) is 0.485. The third kappa shape index (κ3) is 8.86. The van der Waals surface area contributed by atoms with Crippen molar-refractivity contribution in [3.05, 3.63) is 0 Å². The first-order valence-electron chi connectivity index (χ1n) is 0.204. The van der Waals surface area contributed by atoms with Gasteiger partial charge in [0.15, 0.2) is 0 Å². The Morgan fingerprint density at radius 3 is 1.50 bits per heavy atom. The van der Waals surface area contributed by atoms with Gasteiger partial charge < -0.3 is 2.85 Å². The molecule has 17 valence electrons. The van der Waals surface area contributed by atoms with Crippen molar-refractivity contribution in [2.75, 3.05) is 0 Å². The average Bonchev–Trinajstić information content (AvgIpc) is 1.00. The van der Waals surface area contributed by atoms with Crippen LogP contribution in [-0.2, 0) is 56.4 Å². The van der Waals surface area contributed by atoms with Crippen LogP contribution in [0.25, 0.3) is 0 Å². The minimum atomic E-state index is 0. The zero-order valence-electron chi connectivity index (χ0n) is 4.19. The van der Waals surface area contributed by atoms with E-state index in [1.807, 2.05) is 0 Å². The molecule has 0 fully saturated rings. The molecule has 1 radical (unpaired) electrons. The molecule has 4 heavy (non-hydrogen) atoms. The van der Waals surface area contributed by atoms with E-state index < -0.39 is 0 Å². The van der Waals surface area contributed by atoms with Crippen molar-refractivity contribution in [1.29, 1.82) is 0 Å². The standard InChI is InChI=1S/Ca.O.Ti.Y.2H/q+2;;;;2*-1. The number of hydrogen-bond acceptors (Lipinski definition) is 1. The van der Waals surface area contributed by atoms with Crippen molar-refractivity contribution in [3.63, 3.8) is 0 Å². The summed E-state index contributed by atoms with van der Waals surface area (Å²) in [5.74, 6) is 0. The van der Waals surface area contributed by atoms with Gasteiger partial charge in [0.25, 0.3) is 0 Å². The van der Waals surface area contributed by atoms with Gasteiger partial charge in [0.2, 0.25) is 0 Å². The van der Waals surface area contributed by atoms with E-state index in [1.165, 1.54) is 0 Å². The summed E-state index contributed by atoms with van der Waals surface area (Å²) in [7, 11) is 0. The minimum absolute atomic E-state index is 0. The van der Waals surface area contributed by atoms with Crippen molar-refractivity contribution in [1.82, 2.24) is 0 Å². The fraction of sp³-hybridized carbons (Fsp3) is 0. The van der Waals surface area contributed by atoms with Crippen molar-refractivity contribution < 1.29 is 59.3 Å². The van der Waals surface area contributed by atoms with Crippen LogP contribution in [-0.4, -0.2) is 37.7 Å². The van der Waals surface area contributed by atoms with Crippen molar-refractivity contribution in [2.45, 2.75) is 0 Å². The maximum atomic E-state index is 8.25. The number of rotatable bonds is 0. The summed E-state index contributed by atoms with van der Waals surface area (Å²) in [6, 6.07) is 0. The van der Waals surface area contributed by atoms with Crippen LogP contribution >= 0.6 is 0 Å². The van der Waals surface area contributed by atoms with E-state index in [0.717, 1.165) is 20.4 Å². The molecule has 0 aliphatic carbocycles. The molecule has 1 nitrogen and oxygen atoms in total. The van der Waals surface area contributed by atoms with Crippen molar-refractivity contribution >= 4 is 37.7 Å². The predicted molar refractivity (Wildman–Crippen MR) is 8.66 cm³/mol. The zero-order valence-corrected chi connectivity index (χ0v) is 8.80. The fourth-order valence-electron chi connectivity index (χ4n) is 0. The fourth-order valence-corrected chi connectivity index (χ4v) is 0. The summed E-state index contributed by atoms with van der Waals surface area (Å²) in [4.78, 5) is 0. The minimum Gasteiger partial charge on any atom is 0 e. The van der Waals surface area contributed by atoms with Crippen molar-refractivity contribution in [3.8, 4) is 0 Å². The van der Waals surface area contributed by atoms with Crippen LogP contribution in [0.4, 0.5) is 0 Å². The average molecular weight is 195 g/mol. The van der Waals surface area contributed by atoms with Gasteiger partial charge in [-0.3, -0.25) is 0 Å². The molecule has 0 N–H and O–H groups in total. The molecule has 0 heterocycles.